The van der Waals surface area contributed by atoms with Crippen molar-refractivity contribution >= 4 is 34.5 Å². The Morgan fingerprint density at radius 2 is 1.71 bits per heavy atom. The van der Waals surface area contributed by atoms with Crippen molar-refractivity contribution in [2.75, 3.05) is 13.7 Å². The van der Waals surface area contributed by atoms with E-state index in [1.807, 2.05) is 44.3 Å². The summed E-state index contributed by atoms with van der Waals surface area (Å²) in [7, 11) is 1.57. The summed E-state index contributed by atoms with van der Waals surface area (Å²) < 4.78 is 1.64. The third-order valence-corrected chi connectivity index (χ3v) is 9.54. The SMILES string of the molecule is C=C(CC)CCCCC[C@H]1NC(=O)[C@H]2CCCCN2C(=O)[C@H](C(C)CC)NC(=O)C(Cc2cn(OC)c3ccccc23)NC1=O. The Morgan fingerprint density at radius 3 is 2.44 bits per heavy atom. The number of fused-ring (bicyclic) bond motifs is 2. The Morgan fingerprint density at radius 1 is 0.978 bits per heavy atom. The Kier molecular flexibility index (Phi) is 12.1. The Hall–Kier alpha value is -3.82. The van der Waals surface area contributed by atoms with Crippen molar-refractivity contribution in [2.24, 2.45) is 5.92 Å². The van der Waals surface area contributed by atoms with Gasteiger partial charge in [-0.05, 0) is 62.5 Å². The number of carbonyl (C=O) groups excluding carboxylic acids is 4. The predicted molar refractivity (Wildman–Crippen MR) is 175 cm³/mol. The zero-order chi connectivity index (χ0) is 32.5. The standard InChI is InChI=1S/C35H51N5O5/c1-6-23(3)15-9-8-10-17-27-32(41)37-28(21-25-22-40(45-5)29-18-12-11-16-26(25)29)33(42)38-31(24(4)7-2)35(44)39-20-14-13-19-30(39)34(43)36-27/h11-12,16,18,22,24,27-28,30-31H,3,6-10,13-15,17,19-21H2,1-2,4-5H3,(H,36,43)(H,37,41)(H,38,42)/t24?,27-,28?,30-,31+/m1/s1. The molecule has 2 aromatic rings. The van der Waals surface area contributed by atoms with Gasteiger partial charge in [-0.25, -0.2) is 0 Å². The van der Waals surface area contributed by atoms with Gasteiger partial charge in [-0.15, -0.1) is 0 Å². The van der Waals surface area contributed by atoms with Crippen LogP contribution in [0.4, 0.5) is 0 Å². The molecule has 2 saturated heterocycles. The second kappa shape index (κ2) is 16.0. The van der Waals surface area contributed by atoms with Crippen molar-refractivity contribution in [1.82, 2.24) is 25.6 Å². The molecule has 0 radical (unpaired) electrons. The number of allylic oxidation sites excluding steroid dienone is 1. The van der Waals surface area contributed by atoms with Crippen molar-refractivity contribution < 1.29 is 24.0 Å². The van der Waals surface area contributed by atoms with Crippen molar-refractivity contribution in [1.29, 1.82) is 0 Å². The molecule has 10 heteroatoms. The molecule has 45 heavy (non-hydrogen) atoms. The van der Waals surface area contributed by atoms with Crippen molar-refractivity contribution in [3.05, 3.63) is 48.2 Å². The number of nitrogens with one attached hydrogen (secondary N) is 3. The lowest BCUT2D eigenvalue weighted by molar-refractivity contribution is -0.147. The van der Waals surface area contributed by atoms with Crippen LogP contribution in [0.15, 0.2) is 42.6 Å². The van der Waals surface area contributed by atoms with Crippen LogP contribution < -0.4 is 20.8 Å². The second-order valence-corrected chi connectivity index (χ2v) is 12.6. The number of rotatable bonds is 12. The molecular formula is C35H51N5O5. The molecule has 1 aromatic heterocycles. The minimum Gasteiger partial charge on any atom is -0.417 e. The summed E-state index contributed by atoms with van der Waals surface area (Å²) >= 11 is 0. The van der Waals surface area contributed by atoms with Gasteiger partial charge in [-0.1, -0.05) is 70.4 Å². The van der Waals surface area contributed by atoms with Gasteiger partial charge in [0.15, 0.2) is 0 Å². The lowest BCUT2D eigenvalue weighted by atomic mass is 9.93. The van der Waals surface area contributed by atoms with Gasteiger partial charge < -0.3 is 25.7 Å². The normalized spacial score (nSPS) is 23.7. The molecule has 5 atom stereocenters. The summed E-state index contributed by atoms with van der Waals surface area (Å²) in [5, 5.41) is 9.88. The van der Waals surface area contributed by atoms with Crippen LogP contribution in [0, 0.1) is 5.92 Å². The largest absolute Gasteiger partial charge is 0.417 e. The van der Waals surface area contributed by atoms with E-state index in [1.54, 1.807) is 16.7 Å². The number of benzene rings is 1. The molecule has 0 saturated carbocycles. The third-order valence-electron chi connectivity index (χ3n) is 9.54. The first-order chi connectivity index (χ1) is 21.7. The zero-order valence-electron chi connectivity index (χ0n) is 27.4. The molecule has 2 fully saturated rings. The number of unbranched alkanes of at least 4 members (excludes halogenated alkanes) is 2. The van der Waals surface area contributed by atoms with E-state index in [1.165, 1.54) is 5.57 Å². The van der Waals surface area contributed by atoms with E-state index in [9.17, 15) is 19.2 Å². The summed E-state index contributed by atoms with van der Waals surface area (Å²) in [6.07, 6.45) is 9.70. The topological polar surface area (TPSA) is 122 Å². The number of aromatic nitrogens is 1. The first kappa shape index (κ1) is 34.1. The van der Waals surface area contributed by atoms with Crippen molar-refractivity contribution in [3.8, 4) is 0 Å². The molecule has 10 nitrogen and oxygen atoms in total. The molecule has 4 rings (SSSR count). The van der Waals surface area contributed by atoms with Crippen LogP contribution in [0.2, 0.25) is 0 Å². The molecule has 246 valence electrons. The Labute approximate surface area is 267 Å². The van der Waals surface area contributed by atoms with E-state index >= 15 is 0 Å². The molecule has 0 aliphatic carbocycles. The fourth-order valence-electron chi connectivity index (χ4n) is 6.43. The van der Waals surface area contributed by atoms with E-state index < -0.39 is 36.0 Å². The van der Waals surface area contributed by atoms with Gasteiger partial charge in [-0.2, -0.15) is 4.73 Å². The highest BCUT2D eigenvalue weighted by Crippen LogP contribution is 2.24. The van der Waals surface area contributed by atoms with Gasteiger partial charge in [0, 0.05) is 24.5 Å². The molecule has 0 spiro atoms. The smallest absolute Gasteiger partial charge is 0.246 e. The minimum absolute atomic E-state index is 0.168. The summed E-state index contributed by atoms with van der Waals surface area (Å²) in [6.45, 7) is 10.5. The molecular weight excluding hydrogens is 570 g/mol. The summed E-state index contributed by atoms with van der Waals surface area (Å²) in [4.78, 5) is 62.9. The fourth-order valence-corrected chi connectivity index (χ4v) is 6.43. The second-order valence-electron chi connectivity index (χ2n) is 12.6. The maximum atomic E-state index is 14.1. The first-order valence-electron chi connectivity index (χ1n) is 16.7. The van der Waals surface area contributed by atoms with Crippen molar-refractivity contribution in [2.45, 2.75) is 116 Å². The van der Waals surface area contributed by atoms with E-state index in [2.05, 4.69) is 29.5 Å². The van der Waals surface area contributed by atoms with E-state index in [0.717, 1.165) is 61.4 Å². The first-order valence-corrected chi connectivity index (χ1v) is 16.7. The van der Waals surface area contributed by atoms with Gasteiger partial charge in [-0.3, -0.25) is 19.2 Å². The quantitative estimate of drug-likeness (QED) is 0.244. The van der Waals surface area contributed by atoms with Crippen LogP contribution in [-0.2, 0) is 25.6 Å². The lowest BCUT2D eigenvalue weighted by Gasteiger charge is -2.39. The molecule has 2 aliphatic heterocycles. The number of hydrogen-bond donors (Lipinski definition) is 3. The van der Waals surface area contributed by atoms with E-state index in [0.29, 0.717) is 25.8 Å². The number of nitrogens with zero attached hydrogens (tertiary/aromatic N) is 2. The van der Waals surface area contributed by atoms with Crippen LogP contribution in [0.3, 0.4) is 0 Å². The van der Waals surface area contributed by atoms with Gasteiger partial charge in [0.2, 0.25) is 23.6 Å². The fraction of sp³-hybridized carbons (Fsp3) is 0.600. The maximum Gasteiger partial charge on any atom is 0.246 e. The van der Waals surface area contributed by atoms with E-state index in [-0.39, 0.29) is 24.2 Å². The lowest BCUT2D eigenvalue weighted by Crippen LogP contribution is -2.64. The van der Waals surface area contributed by atoms with Gasteiger partial charge >= 0.3 is 0 Å². The number of para-hydroxylation sites is 1. The zero-order valence-corrected chi connectivity index (χ0v) is 27.4. The average Bonchev–Trinajstić information content (AvgIpc) is 3.41. The predicted octanol–water partition coefficient (Wildman–Crippen LogP) is 4.05. The highest BCUT2D eigenvalue weighted by atomic mass is 16.6. The van der Waals surface area contributed by atoms with Crippen LogP contribution in [0.5, 0.6) is 0 Å². The number of carbonyl (C=O) groups is 4. The Balaban J connectivity index is 1.66. The highest BCUT2D eigenvalue weighted by molar-refractivity contribution is 5.98. The monoisotopic (exact) mass is 621 g/mol. The number of hydrogen-bond acceptors (Lipinski definition) is 5. The number of amides is 4. The van der Waals surface area contributed by atoms with Crippen LogP contribution in [0.1, 0.15) is 90.5 Å². The van der Waals surface area contributed by atoms with Gasteiger partial charge in [0.1, 0.15) is 31.3 Å². The molecule has 4 amide bonds. The summed E-state index contributed by atoms with van der Waals surface area (Å²) in [5.41, 5.74) is 2.86. The molecule has 0 bridgehead atoms. The molecule has 3 N–H and O–H groups in total. The van der Waals surface area contributed by atoms with E-state index in [4.69, 9.17) is 4.84 Å². The van der Waals surface area contributed by atoms with Crippen LogP contribution in [-0.4, -0.2) is 71.1 Å². The summed E-state index contributed by atoms with van der Waals surface area (Å²) in [6, 6.07) is 4.41. The van der Waals surface area contributed by atoms with Gasteiger partial charge in [0.05, 0.1) is 5.52 Å². The number of piperidine rings is 1. The molecule has 3 heterocycles. The van der Waals surface area contributed by atoms with Crippen LogP contribution in [0.25, 0.3) is 10.9 Å². The molecule has 2 unspecified atom stereocenters. The summed E-state index contributed by atoms with van der Waals surface area (Å²) in [5.74, 6) is -1.54. The van der Waals surface area contributed by atoms with Crippen LogP contribution >= 0.6 is 0 Å². The van der Waals surface area contributed by atoms with Gasteiger partial charge in [0.25, 0.3) is 0 Å². The average molecular weight is 622 g/mol. The highest BCUT2D eigenvalue weighted by Gasteiger charge is 2.40. The van der Waals surface area contributed by atoms with Crippen molar-refractivity contribution in [3.63, 3.8) is 0 Å². The molecule has 1 aromatic carbocycles. The third kappa shape index (κ3) is 8.27. The Bertz CT molecular complexity index is 1370. The minimum atomic E-state index is -0.975. The maximum absolute atomic E-state index is 14.1. The molecule has 2 aliphatic rings.